The summed E-state index contributed by atoms with van der Waals surface area (Å²) in [4.78, 5) is 27.5. The molecule has 3 N–H and O–H groups in total. The fraction of sp³-hybridized carbons (Fsp3) is 0.294. The van der Waals surface area contributed by atoms with Crippen LogP contribution in [0.5, 0.6) is 0 Å². The van der Waals surface area contributed by atoms with Gasteiger partial charge in [-0.15, -0.1) is 0 Å². The van der Waals surface area contributed by atoms with Gasteiger partial charge in [0, 0.05) is 32.4 Å². The highest BCUT2D eigenvalue weighted by atomic mass is 32.2. The van der Waals surface area contributed by atoms with Crippen LogP contribution in [0.4, 0.5) is 10.1 Å². The number of aromatic nitrogens is 1. The lowest BCUT2D eigenvalue weighted by Gasteiger charge is -2.36. The summed E-state index contributed by atoms with van der Waals surface area (Å²) in [6.07, 6.45) is 0.837. The third-order valence-corrected chi connectivity index (χ3v) is 6.29. The Bertz CT molecular complexity index is 1150. The molecule has 0 amide bonds. The SMILES string of the molecule is CN1CCN(c2c(F)cc3c(=O)c(C(=O)O)cn4c3c2S(=O)C(O)=C4O)CC1. The molecule has 2 aliphatic rings. The van der Waals surface area contributed by atoms with E-state index < -0.39 is 44.6 Å². The van der Waals surface area contributed by atoms with Crippen molar-refractivity contribution >= 4 is 39.2 Å². The molecule has 3 heterocycles. The summed E-state index contributed by atoms with van der Waals surface area (Å²) in [5.74, 6) is -3.28. The molecule has 0 aliphatic carbocycles. The maximum atomic E-state index is 15.1. The van der Waals surface area contributed by atoms with Crippen LogP contribution in [-0.4, -0.2) is 68.2 Å². The number of benzene rings is 1. The van der Waals surface area contributed by atoms with Gasteiger partial charge in [0.05, 0.1) is 21.5 Å². The average molecular weight is 409 g/mol. The lowest BCUT2D eigenvalue weighted by atomic mass is 10.1. The van der Waals surface area contributed by atoms with Gasteiger partial charge in [-0.1, -0.05) is 0 Å². The van der Waals surface area contributed by atoms with E-state index in [9.17, 15) is 29.1 Å². The number of carboxylic acids is 1. The Balaban J connectivity index is 2.11. The summed E-state index contributed by atoms with van der Waals surface area (Å²) in [5.41, 5.74) is -1.79. The summed E-state index contributed by atoms with van der Waals surface area (Å²) in [5, 5.41) is 28.3. The maximum absolute atomic E-state index is 15.1. The minimum atomic E-state index is -2.34. The minimum absolute atomic E-state index is 0.0331. The van der Waals surface area contributed by atoms with Crippen molar-refractivity contribution in [2.75, 3.05) is 38.1 Å². The number of nitrogens with zero attached hydrogens (tertiary/aromatic N) is 3. The van der Waals surface area contributed by atoms with Crippen LogP contribution in [0.1, 0.15) is 10.4 Å². The first-order valence-corrected chi connectivity index (χ1v) is 9.50. The van der Waals surface area contributed by atoms with Gasteiger partial charge in [-0.3, -0.25) is 9.36 Å². The quantitative estimate of drug-likeness (QED) is 0.669. The molecule has 1 saturated heterocycles. The number of pyridine rings is 1. The number of likely N-dealkylation sites (N-methyl/N-ethyl adjacent to an activating group) is 1. The van der Waals surface area contributed by atoms with E-state index >= 15 is 4.39 Å². The summed E-state index contributed by atoms with van der Waals surface area (Å²) in [6, 6.07) is 0.893. The Kier molecular flexibility index (Phi) is 4.16. The molecule has 0 spiro atoms. The third-order valence-electron chi connectivity index (χ3n) is 5.00. The van der Waals surface area contributed by atoms with E-state index in [4.69, 9.17) is 0 Å². The van der Waals surface area contributed by atoms with Crippen LogP contribution in [0.15, 0.2) is 27.0 Å². The van der Waals surface area contributed by atoms with Crippen molar-refractivity contribution < 1.29 is 28.7 Å². The second kappa shape index (κ2) is 6.31. The number of hydrogen-bond acceptors (Lipinski definition) is 7. The van der Waals surface area contributed by atoms with E-state index in [0.29, 0.717) is 26.2 Å². The topological polar surface area (TPSA) is 123 Å². The molecule has 1 aromatic carbocycles. The number of piperazine rings is 1. The molecule has 9 nitrogen and oxygen atoms in total. The van der Waals surface area contributed by atoms with E-state index in [2.05, 4.69) is 0 Å². The van der Waals surface area contributed by atoms with Gasteiger partial charge in [-0.25, -0.2) is 13.4 Å². The largest absolute Gasteiger partial charge is 0.496 e. The fourth-order valence-corrected chi connectivity index (χ4v) is 4.76. The van der Waals surface area contributed by atoms with Crippen LogP contribution in [0, 0.1) is 5.82 Å². The maximum Gasteiger partial charge on any atom is 0.341 e. The van der Waals surface area contributed by atoms with Gasteiger partial charge in [0.1, 0.15) is 22.2 Å². The van der Waals surface area contributed by atoms with Crippen LogP contribution in [0.25, 0.3) is 16.8 Å². The summed E-state index contributed by atoms with van der Waals surface area (Å²) in [7, 11) is -0.428. The molecule has 1 unspecified atom stereocenters. The van der Waals surface area contributed by atoms with Crippen LogP contribution in [0.2, 0.25) is 0 Å². The summed E-state index contributed by atoms with van der Waals surface area (Å²) in [6.45, 7) is 2.11. The van der Waals surface area contributed by atoms with Gasteiger partial charge in [0.15, 0.2) is 0 Å². The zero-order valence-corrected chi connectivity index (χ0v) is 15.5. The van der Waals surface area contributed by atoms with E-state index in [1.54, 1.807) is 4.90 Å². The summed E-state index contributed by atoms with van der Waals surface area (Å²) < 4.78 is 28.8. The van der Waals surface area contributed by atoms with Crippen LogP contribution >= 0.6 is 0 Å². The van der Waals surface area contributed by atoms with Gasteiger partial charge in [-0.05, 0) is 13.1 Å². The molecule has 0 saturated carbocycles. The molecular formula is C17H16FN3O6S. The van der Waals surface area contributed by atoms with Crippen molar-refractivity contribution in [3.8, 4) is 0 Å². The number of anilines is 1. The number of halogens is 1. The third kappa shape index (κ3) is 2.50. The number of hydrogen-bond donors (Lipinski definition) is 3. The number of rotatable bonds is 2. The molecule has 0 bridgehead atoms. The lowest BCUT2D eigenvalue weighted by molar-refractivity contribution is 0.0695. The zero-order chi connectivity index (χ0) is 20.3. The number of aliphatic hydroxyl groups excluding tert-OH is 2. The van der Waals surface area contributed by atoms with Gasteiger partial charge >= 0.3 is 5.97 Å². The van der Waals surface area contributed by atoms with Crippen LogP contribution in [0.3, 0.4) is 0 Å². The molecule has 1 atom stereocenters. The lowest BCUT2D eigenvalue weighted by Crippen LogP contribution is -2.45. The van der Waals surface area contributed by atoms with Gasteiger partial charge in [0.25, 0.3) is 0 Å². The molecule has 1 fully saturated rings. The predicted octanol–water partition coefficient (Wildman–Crippen LogP) is 0.911. The van der Waals surface area contributed by atoms with Crippen molar-refractivity contribution in [3.63, 3.8) is 0 Å². The van der Waals surface area contributed by atoms with Crippen molar-refractivity contribution in [1.29, 1.82) is 0 Å². The number of carbonyl (C=O) groups is 1. The van der Waals surface area contributed by atoms with Crippen LogP contribution in [-0.2, 0) is 10.8 Å². The van der Waals surface area contributed by atoms with Gasteiger partial charge in [-0.2, -0.15) is 0 Å². The van der Waals surface area contributed by atoms with E-state index in [1.807, 2.05) is 11.9 Å². The number of aliphatic hydroxyl groups is 2. The number of aromatic carboxylic acids is 1. The Morgan fingerprint density at radius 1 is 1.21 bits per heavy atom. The first-order valence-electron chi connectivity index (χ1n) is 8.35. The molecule has 1 aromatic heterocycles. The first-order chi connectivity index (χ1) is 13.2. The predicted molar refractivity (Wildman–Crippen MR) is 99.7 cm³/mol. The number of carboxylic acid groups (broad SMARTS) is 1. The Labute approximate surface area is 160 Å². The summed E-state index contributed by atoms with van der Waals surface area (Å²) >= 11 is 0. The van der Waals surface area contributed by atoms with Gasteiger partial charge < -0.3 is 25.1 Å². The van der Waals surface area contributed by atoms with Crippen molar-refractivity contribution in [1.82, 2.24) is 9.47 Å². The standard InChI is InChI=1S/C17H16FN3O6S/c1-19-2-4-20(5-3-19)12-10(18)6-8-11-14(12)28(27)17(26)15(23)21(11)7-9(13(8)22)16(24)25/h6-7,23,26H,2-5H2,1H3,(H,24,25). The highest BCUT2D eigenvalue weighted by Gasteiger charge is 2.35. The molecular weight excluding hydrogens is 393 g/mol. The molecule has 0 radical (unpaired) electrons. The van der Waals surface area contributed by atoms with Crippen molar-refractivity contribution in [2.45, 2.75) is 4.90 Å². The molecule has 148 valence electrons. The second-order valence-electron chi connectivity index (χ2n) is 6.67. The highest BCUT2D eigenvalue weighted by molar-refractivity contribution is 7.89. The smallest absolute Gasteiger partial charge is 0.341 e. The van der Waals surface area contributed by atoms with Gasteiger partial charge in [0.2, 0.25) is 16.4 Å². The Morgan fingerprint density at radius 3 is 2.46 bits per heavy atom. The Hall–Kier alpha value is -2.92. The van der Waals surface area contributed by atoms with E-state index in [0.717, 1.165) is 16.8 Å². The monoisotopic (exact) mass is 409 g/mol. The van der Waals surface area contributed by atoms with E-state index in [-0.39, 0.29) is 21.5 Å². The highest BCUT2D eigenvalue weighted by Crippen LogP contribution is 2.40. The molecule has 2 aliphatic heterocycles. The molecule has 11 heteroatoms. The minimum Gasteiger partial charge on any atom is -0.496 e. The van der Waals surface area contributed by atoms with Crippen molar-refractivity contribution in [2.24, 2.45) is 0 Å². The van der Waals surface area contributed by atoms with Crippen LogP contribution < -0.4 is 10.3 Å². The molecule has 2 aromatic rings. The molecule has 4 rings (SSSR count). The van der Waals surface area contributed by atoms with Crippen molar-refractivity contribution in [3.05, 3.63) is 39.0 Å². The zero-order valence-electron chi connectivity index (χ0n) is 14.7. The fourth-order valence-electron chi connectivity index (χ4n) is 3.52. The van der Waals surface area contributed by atoms with E-state index in [1.165, 1.54) is 0 Å². The average Bonchev–Trinajstić information content (AvgIpc) is 2.65. The Morgan fingerprint density at radius 2 is 1.86 bits per heavy atom. The molecule has 28 heavy (non-hydrogen) atoms. The second-order valence-corrected chi connectivity index (χ2v) is 8.00. The first kappa shape index (κ1) is 18.4. The normalized spacial score (nSPS) is 20.1.